The number of benzene rings is 1. The Balaban J connectivity index is 1.98. The Bertz CT molecular complexity index is 753. The van der Waals surface area contributed by atoms with Gasteiger partial charge in [-0.25, -0.2) is 4.98 Å². The molecule has 2 aromatic heterocycles. The highest BCUT2D eigenvalue weighted by molar-refractivity contribution is 7.84. The summed E-state index contributed by atoms with van der Waals surface area (Å²) in [5.41, 5.74) is 2.90. The highest BCUT2D eigenvalue weighted by Crippen LogP contribution is 2.22. The van der Waals surface area contributed by atoms with Gasteiger partial charge in [0.25, 0.3) is 0 Å². The third-order valence-corrected chi connectivity index (χ3v) is 3.92. The first kappa shape index (κ1) is 12.7. The van der Waals surface area contributed by atoms with E-state index in [-0.39, 0.29) is 0 Å². The number of hydrogen-bond donors (Lipinski definition) is 1. The lowest BCUT2D eigenvalue weighted by atomic mass is 10.2. The van der Waals surface area contributed by atoms with Crippen LogP contribution >= 0.6 is 0 Å². The van der Waals surface area contributed by atoms with Gasteiger partial charge in [-0.05, 0) is 24.3 Å². The Kier molecular flexibility index (Phi) is 3.43. The summed E-state index contributed by atoms with van der Waals surface area (Å²) in [4.78, 5) is 12.5. The number of nitrogens with one attached hydrogen (secondary N) is 1. The van der Waals surface area contributed by atoms with Crippen molar-refractivity contribution in [2.75, 3.05) is 6.26 Å². The quantitative estimate of drug-likeness (QED) is 0.804. The molecule has 100 valence electrons. The molecule has 0 spiro atoms. The minimum atomic E-state index is -0.992. The molecule has 0 fully saturated rings. The van der Waals surface area contributed by atoms with Crippen molar-refractivity contribution < 1.29 is 4.21 Å². The summed E-state index contributed by atoms with van der Waals surface area (Å²) in [5.74, 6) is 0.768. The highest BCUT2D eigenvalue weighted by Gasteiger charge is 2.07. The molecule has 3 aromatic rings. The van der Waals surface area contributed by atoms with Crippen LogP contribution in [0, 0.1) is 0 Å². The van der Waals surface area contributed by atoms with E-state index in [2.05, 4.69) is 15.0 Å². The lowest BCUT2D eigenvalue weighted by molar-refractivity contribution is 0.687. The van der Waals surface area contributed by atoms with Gasteiger partial charge >= 0.3 is 0 Å². The maximum Gasteiger partial charge on any atom is 0.137 e. The average Bonchev–Trinajstić information content (AvgIpc) is 2.98. The van der Waals surface area contributed by atoms with Crippen molar-refractivity contribution in [3.63, 3.8) is 0 Å². The minimum Gasteiger partial charge on any atom is -0.338 e. The van der Waals surface area contributed by atoms with Crippen molar-refractivity contribution in [2.24, 2.45) is 0 Å². The van der Waals surface area contributed by atoms with E-state index < -0.39 is 10.8 Å². The zero-order chi connectivity index (χ0) is 13.9. The Morgan fingerprint density at radius 3 is 2.65 bits per heavy atom. The van der Waals surface area contributed by atoms with Crippen LogP contribution in [0.1, 0.15) is 0 Å². The highest BCUT2D eigenvalue weighted by atomic mass is 32.2. The predicted octanol–water partition coefficient (Wildman–Crippen LogP) is 2.88. The molecule has 0 amide bonds. The largest absolute Gasteiger partial charge is 0.338 e. The summed E-state index contributed by atoms with van der Waals surface area (Å²) >= 11 is 0. The van der Waals surface area contributed by atoms with Gasteiger partial charge in [-0.1, -0.05) is 12.1 Å². The SMILES string of the molecule is CS(=O)c1cccc(-c2ncc(-c3ccncc3)[nH]2)c1. The van der Waals surface area contributed by atoms with Crippen LogP contribution in [0.4, 0.5) is 0 Å². The Labute approximate surface area is 119 Å². The van der Waals surface area contributed by atoms with Crippen molar-refractivity contribution in [3.05, 3.63) is 55.0 Å². The molecular weight excluding hydrogens is 270 g/mol. The fraction of sp³-hybridized carbons (Fsp3) is 0.0667. The van der Waals surface area contributed by atoms with E-state index in [9.17, 15) is 4.21 Å². The van der Waals surface area contributed by atoms with Gasteiger partial charge in [0.15, 0.2) is 0 Å². The van der Waals surface area contributed by atoms with Gasteiger partial charge in [0.1, 0.15) is 5.82 Å². The molecule has 1 atom stereocenters. The van der Waals surface area contributed by atoms with Gasteiger partial charge in [0.2, 0.25) is 0 Å². The van der Waals surface area contributed by atoms with Crippen LogP contribution in [0.25, 0.3) is 22.6 Å². The first-order chi connectivity index (χ1) is 9.74. The second kappa shape index (κ2) is 5.38. The number of aromatic amines is 1. The lowest BCUT2D eigenvalue weighted by Gasteiger charge is -2.00. The zero-order valence-corrected chi connectivity index (χ0v) is 11.7. The molecule has 0 saturated heterocycles. The second-order valence-electron chi connectivity index (χ2n) is 4.36. The number of imidazole rings is 1. The van der Waals surface area contributed by atoms with Crippen LogP contribution in [0.5, 0.6) is 0 Å². The molecule has 0 radical (unpaired) electrons. The van der Waals surface area contributed by atoms with Crippen LogP contribution in [0.2, 0.25) is 0 Å². The van der Waals surface area contributed by atoms with Crippen LogP contribution in [-0.2, 0) is 10.8 Å². The van der Waals surface area contributed by atoms with E-state index >= 15 is 0 Å². The molecule has 20 heavy (non-hydrogen) atoms. The maximum atomic E-state index is 11.5. The average molecular weight is 283 g/mol. The van der Waals surface area contributed by atoms with Crippen molar-refractivity contribution in [1.29, 1.82) is 0 Å². The third-order valence-electron chi connectivity index (χ3n) is 3.01. The maximum absolute atomic E-state index is 11.5. The lowest BCUT2D eigenvalue weighted by Crippen LogP contribution is -1.88. The number of rotatable bonds is 3. The van der Waals surface area contributed by atoms with Crippen LogP contribution in [0.3, 0.4) is 0 Å². The smallest absolute Gasteiger partial charge is 0.137 e. The fourth-order valence-electron chi connectivity index (χ4n) is 1.97. The van der Waals surface area contributed by atoms with E-state index in [0.29, 0.717) is 0 Å². The summed E-state index contributed by atoms with van der Waals surface area (Å²) in [7, 11) is -0.992. The van der Waals surface area contributed by atoms with Crippen LogP contribution < -0.4 is 0 Å². The van der Waals surface area contributed by atoms with E-state index in [1.807, 2.05) is 36.4 Å². The van der Waals surface area contributed by atoms with E-state index in [0.717, 1.165) is 27.5 Å². The number of H-pyrrole nitrogens is 1. The van der Waals surface area contributed by atoms with Crippen molar-refractivity contribution in [3.8, 4) is 22.6 Å². The van der Waals surface area contributed by atoms with Gasteiger partial charge in [-0.15, -0.1) is 0 Å². The van der Waals surface area contributed by atoms with E-state index in [4.69, 9.17) is 0 Å². The first-order valence-electron chi connectivity index (χ1n) is 6.13. The van der Waals surface area contributed by atoms with Crippen LogP contribution in [-0.4, -0.2) is 25.4 Å². The first-order valence-corrected chi connectivity index (χ1v) is 7.69. The minimum absolute atomic E-state index is 0.768. The molecule has 0 aliphatic rings. The molecule has 4 nitrogen and oxygen atoms in total. The Hall–Kier alpha value is -2.27. The van der Waals surface area contributed by atoms with Gasteiger partial charge in [-0.3, -0.25) is 9.19 Å². The van der Waals surface area contributed by atoms with E-state index in [1.165, 1.54) is 0 Å². The standard InChI is InChI=1S/C15H13N3OS/c1-20(19)13-4-2-3-12(9-13)15-17-10-14(18-15)11-5-7-16-8-6-11/h2-10H,1H3,(H,17,18). The molecule has 0 bridgehead atoms. The molecule has 5 heteroatoms. The molecule has 0 aliphatic carbocycles. The van der Waals surface area contributed by atoms with Crippen molar-refractivity contribution >= 4 is 10.8 Å². The molecule has 0 saturated carbocycles. The summed E-state index contributed by atoms with van der Waals surface area (Å²) in [6.45, 7) is 0. The van der Waals surface area contributed by atoms with E-state index in [1.54, 1.807) is 24.8 Å². The monoisotopic (exact) mass is 283 g/mol. The van der Waals surface area contributed by atoms with Gasteiger partial charge in [0, 0.05) is 45.5 Å². The van der Waals surface area contributed by atoms with Gasteiger partial charge in [-0.2, -0.15) is 0 Å². The Morgan fingerprint density at radius 2 is 1.90 bits per heavy atom. The number of aromatic nitrogens is 3. The topological polar surface area (TPSA) is 58.6 Å². The van der Waals surface area contributed by atoms with Crippen molar-refractivity contribution in [1.82, 2.24) is 15.0 Å². The van der Waals surface area contributed by atoms with Crippen LogP contribution in [0.15, 0.2) is 59.9 Å². The summed E-state index contributed by atoms with van der Waals surface area (Å²) < 4.78 is 11.5. The molecule has 1 unspecified atom stereocenters. The third kappa shape index (κ3) is 2.53. The van der Waals surface area contributed by atoms with Crippen molar-refractivity contribution in [2.45, 2.75) is 4.90 Å². The second-order valence-corrected chi connectivity index (χ2v) is 5.74. The molecular formula is C15H13N3OS. The fourth-order valence-corrected chi connectivity index (χ4v) is 2.53. The molecule has 1 N–H and O–H groups in total. The molecule has 1 aromatic carbocycles. The summed E-state index contributed by atoms with van der Waals surface area (Å²) in [6.07, 6.45) is 6.96. The zero-order valence-electron chi connectivity index (χ0n) is 10.9. The number of hydrogen-bond acceptors (Lipinski definition) is 3. The molecule has 3 rings (SSSR count). The predicted molar refractivity (Wildman–Crippen MR) is 79.6 cm³/mol. The molecule has 0 aliphatic heterocycles. The van der Waals surface area contributed by atoms with Gasteiger partial charge in [0.05, 0.1) is 11.9 Å². The molecule has 2 heterocycles. The summed E-state index contributed by atoms with van der Waals surface area (Å²) in [5, 5.41) is 0. The normalized spacial score (nSPS) is 12.2. The summed E-state index contributed by atoms with van der Waals surface area (Å²) in [6, 6.07) is 11.4. The Morgan fingerprint density at radius 1 is 1.10 bits per heavy atom. The number of nitrogens with zero attached hydrogens (tertiary/aromatic N) is 2. The number of pyridine rings is 1. The van der Waals surface area contributed by atoms with Gasteiger partial charge < -0.3 is 4.98 Å².